The van der Waals surface area contributed by atoms with E-state index < -0.39 is 0 Å². The Kier molecular flexibility index (Phi) is 2.80. The topological polar surface area (TPSA) is 4.93 Å². The molecule has 1 aliphatic rings. The van der Waals surface area contributed by atoms with Crippen LogP contribution >= 0.6 is 0 Å². The van der Waals surface area contributed by atoms with E-state index in [2.05, 4.69) is 108 Å². The van der Waals surface area contributed by atoms with Crippen LogP contribution in [0.15, 0.2) is 103 Å². The summed E-state index contributed by atoms with van der Waals surface area (Å²) in [6.45, 7) is 0. The Morgan fingerprint density at radius 3 is 1.93 bits per heavy atom. The molecule has 1 heterocycles. The fourth-order valence-corrected chi connectivity index (χ4v) is 5.11. The number of hydrogen-bond donors (Lipinski definition) is 0. The highest BCUT2D eigenvalue weighted by molar-refractivity contribution is 6.20. The minimum absolute atomic E-state index is 1.20. The van der Waals surface area contributed by atoms with E-state index in [4.69, 9.17) is 0 Å². The fraction of sp³-hybridized carbons (Fsp3) is 0. The highest BCUT2D eigenvalue weighted by Gasteiger charge is 2.23. The zero-order chi connectivity index (χ0) is 18.9. The highest BCUT2D eigenvalue weighted by Crippen LogP contribution is 2.49. The number of para-hydroxylation sites is 2. The van der Waals surface area contributed by atoms with Crippen molar-refractivity contribution >= 4 is 32.6 Å². The van der Waals surface area contributed by atoms with Crippen molar-refractivity contribution in [2.75, 3.05) is 0 Å². The van der Waals surface area contributed by atoms with Gasteiger partial charge < -0.3 is 4.57 Å². The summed E-state index contributed by atoms with van der Waals surface area (Å²) >= 11 is 0. The number of nitrogens with zero attached hydrogens (tertiary/aromatic N) is 1. The van der Waals surface area contributed by atoms with Gasteiger partial charge in [0.15, 0.2) is 0 Å². The molecule has 7 rings (SSSR count). The summed E-state index contributed by atoms with van der Waals surface area (Å²) in [5.41, 5.74) is 9.10. The molecule has 0 atom stereocenters. The van der Waals surface area contributed by atoms with E-state index in [-0.39, 0.29) is 0 Å². The monoisotopic (exact) mass is 367 g/mol. The third-order valence-electron chi connectivity index (χ3n) is 6.31. The second-order valence-corrected chi connectivity index (χ2v) is 7.81. The maximum absolute atomic E-state index is 2.40. The molecule has 0 fully saturated rings. The van der Waals surface area contributed by atoms with Gasteiger partial charge in [0.25, 0.3) is 0 Å². The third-order valence-corrected chi connectivity index (χ3v) is 6.31. The van der Waals surface area contributed by atoms with Crippen LogP contribution in [0.2, 0.25) is 0 Å². The predicted octanol–water partition coefficient (Wildman–Crippen LogP) is 7.58. The van der Waals surface area contributed by atoms with Gasteiger partial charge in [-0.05, 0) is 63.4 Å². The summed E-state index contributed by atoms with van der Waals surface area (Å²) < 4.78 is 2.40. The lowest BCUT2D eigenvalue weighted by atomic mass is 10.0. The van der Waals surface area contributed by atoms with Gasteiger partial charge in [0, 0.05) is 16.5 Å². The first-order valence-corrected chi connectivity index (χ1v) is 10.1. The smallest absolute Gasteiger partial charge is 0.0547 e. The minimum atomic E-state index is 1.20. The van der Waals surface area contributed by atoms with Gasteiger partial charge in [0.1, 0.15) is 0 Å². The maximum atomic E-state index is 2.40. The summed E-state index contributed by atoms with van der Waals surface area (Å²) in [6.07, 6.45) is 0. The second kappa shape index (κ2) is 5.36. The molecule has 5 aromatic carbocycles. The van der Waals surface area contributed by atoms with E-state index in [9.17, 15) is 0 Å². The van der Waals surface area contributed by atoms with Crippen LogP contribution in [0.3, 0.4) is 0 Å². The molecular formula is C28H17N. The Balaban J connectivity index is 1.68. The Morgan fingerprint density at radius 1 is 0.448 bits per heavy atom. The lowest BCUT2D eigenvalue weighted by Gasteiger charge is -2.09. The molecular weight excluding hydrogens is 350 g/mol. The molecule has 134 valence electrons. The normalized spacial score (nSPS) is 12.1. The average molecular weight is 367 g/mol. The van der Waals surface area contributed by atoms with E-state index in [1.165, 1.54) is 60.5 Å². The van der Waals surface area contributed by atoms with Gasteiger partial charge in [-0.3, -0.25) is 0 Å². The lowest BCUT2D eigenvalue weighted by molar-refractivity contribution is 1.18. The van der Waals surface area contributed by atoms with Crippen molar-refractivity contribution in [3.63, 3.8) is 0 Å². The Labute approximate surface area is 168 Å². The van der Waals surface area contributed by atoms with Gasteiger partial charge in [0.05, 0.1) is 11.0 Å². The van der Waals surface area contributed by atoms with E-state index >= 15 is 0 Å². The van der Waals surface area contributed by atoms with Crippen LogP contribution in [-0.2, 0) is 0 Å². The molecule has 0 bridgehead atoms. The molecule has 6 aromatic rings. The molecule has 0 aliphatic heterocycles. The van der Waals surface area contributed by atoms with Gasteiger partial charge in [-0.2, -0.15) is 0 Å². The first-order chi connectivity index (χ1) is 14.4. The fourth-order valence-electron chi connectivity index (χ4n) is 5.11. The van der Waals surface area contributed by atoms with Gasteiger partial charge >= 0.3 is 0 Å². The summed E-state index contributed by atoms with van der Waals surface area (Å²) in [4.78, 5) is 0. The first kappa shape index (κ1) is 15.1. The van der Waals surface area contributed by atoms with Crippen LogP contribution in [0.25, 0.3) is 60.5 Å². The first-order valence-electron chi connectivity index (χ1n) is 10.1. The van der Waals surface area contributed by atoms with Crippen LogP contribution in [0, 0.1) is 0 Å². The van der Waals surface area contributed by atoms with Crippen molar-refractivity contribution in [1.82, 2.24) is 4.57 Å². The van der Waals surface area contributed by atoms with Crippen molar-refractivity contribution < 1.29 is 0 Å². The van der Waals surface area contributed by atoms with Crippen LogP contribution in [0.5, 0.6) is 0 Å². The van der Waals surface area contributed by atoms with Crippen molar-refractivity contribution in [1.29, 1.82) is 0 Å². The van der Waals surface area contributed by atoms with Crippen LogP contribution in [0.4, 0.5) is 0 Å². The standard InChI is InChI=1S/C28H17N/c1-2-10-19(11-3-1)29-26-15-5-4-12-20(26)25-16-23-21-13-6-8-18-9-7-14-22(28(18)21)24(23)17-27(25)29/h1-17H. The summed E-state index contributed by atoms with van der Waals surface area (Å²) in [6, 6.07) is 37.5. The maximum Gasteiger partial charge on any atom is 0.0547 e. The number of rotatable bonds is 1. The molecule has 0 amide bonds. The molecule has 1 aromatic heterocycles. The van der Waals surface area contributed by atoms with Gasteiger partial charge in [0.2, 0.25) is 0 Å². The van der Waals surface area contributed by atoms with E-state index in [0.717, 1.165) is 0 Å². The SMILES string of the molecule is c1ccc(-n2c3ccccc3c3cc4c(cc32)-c2cccc3cccc-4c23)cc1. The summed E-state index contributed by atoms with van der Waals surface area (Å²) in [5.74, 6) is 0. The van der Waals surface area contributed by atoms with E-state index in [1.54, 1.807) is 0 Å². The van der Waals surface area contributed by atoms with Crippen molar-refractivity contribution in [2.45, 2.75) is 0 Å². The molecule has 1 aliphatic carbocycles. The zero-order valence-corrected chi connectivity index (χ0v) is 15.8. The Hall–Kier alpha value is -3.84. The number of hydrogen-bond acceptors (Lipinski definition) is 0. The lowest BCUT2D eigenvalue weighted by Crippen LogP contribution is -1.93. The van der Waals surface area contributed by atoms with Crippen LogP contribution < -0.4 is 0 Å². The Morgan fingerprint density at radius 2 is 1.14 bits per heavy atom. The molecule has 0 spiro atoms. The largest absolute Gasteiger partial charge is 0.309 e. The average Bonchev–Trinajstić information content (AvgIpc) is 3.28. The highest BCUT2D eigenvalue weighted by atomic mass is 15.0. The summed E-state index contributed by atoms with van der Waals surface area (Å²) in [5, 5.41) is 5.31. The van der Waals surface area contributed by atoms with Gasteiger partial charge in [-0.15, -0.1) is 0 Å². The summed E-state index contributed by atoms with van der Waals surface area (Å²) in [7, 11) is 0. The van der Waals surface area contributed by atoms with E-state index in [1.807, 2.05) is 0 Å². The van der Waals surface area contributed by atoms with E-state index in [0.29, 0.717) is 0 Å². The molecule has 0 saturated carbocycles. The molecule has 0 radical (unpaired) electrons. The van der Waals surface area contributed by atoms with Crippen molar-refractivity contribution in [3.05, 3.63) is 103 Å². The minimum Gasteiger partial charge on any atom is -0.309 e. The quantitative estimate of drug-likeness (QED) is 0.282. The van der Waals surface area contributed by atoms with Crippen LogP contribution in [0.1, 0.15) is 0 Å². The second-order valence-electron chi connectivity index (χ2n) is 7.81. The van der Waals surface area contributed by atoms with Crippen molar-refractivity contribution in [3.8, 4) is 27.9 Å². The predicted molar refractivity (Wildman–Crippen MR) is 123 cm³/mol. The molecule has 0 saturated heterocycles. The molecule has 0 N–H and O–H groups in total. The van der Waals surface area contributed by atoms with Crippen molar-refractivity contribution in [2.24, 2.45) is 0 Å². The molecule has 0 unspecified atom stereocenters. The Bertz CT molecular complexity index is 1580. The molecule has 1 nitrogen and oxygen atoms in total. The van der Waals surface area contributed by atoms with Gasteiger partial charge in [-0.25, -0.2) is 0 Å². The molecule has 29 heavy (non-hydrogen) atoms. The molecule has 1 heteroatoms. The van der Waals surface area contributed by atoms with Gasteiger partial charge in [-0.1, -0.05) is 72.8 Å². The number of benzene rings is 5. The zero-order valence-electron chi connectivity index (χ0n) is 15.8. The number of fused-ring (bicyclic) bond motifs is 6. The number of aromatic nitrogens is 1. The third kappa shape index (κ3) is 1.89. The van der Waals surface area contributed by atoms with Crippen LogP contribution in [-0.4, -0.2) is 4.57 Å².